The number of H-pyrrole nitrogens is 2. The maximum atomic E-state index is 4.47. The number of nitrogens with zero attached hydrogens (tertiary/aromatic N) is 2. The molecule has 0 atom stereocenters. The second-order valence-electron chi connectivity index (χ2n) is 4.67. The molecule has 4 heteroatoms. The van der Waals surface area contributed by atoms with E-state index in [1.165, 1.54) is 5.69 Å². The van der Waals surface area contributed by atoms with Crippen molar-refractivity contribution >= 4 is 6.08 Å². The van der Waals surface area contributed by atoms with Crippen molar-refractivity contribution in [3.05, 3.63) is 40.5 Å². The Hall–Kier alpha value is -1.84. The number of aryl methyl sites for hydroxylation is 5. The lowest BCUT2D eigenvalue weighted by Gasteiger charge is -1.94. The molecule has 2 heterocycles. The van der Waals surface area contributed by atoms with Crippen LogP contribution in [-0.4, -0.2) is 19.9 Å². The van der Waals surface area contributed by atoms with Crippen LogP contribution in [0.25, 0.3) is 6.08 Å². The van der Waals surface area contributed by atoms with Gasteiger partial charge in [0.2, 0.25) is 0 Å². The van der Waals surface area contributed by atoms with E-state index < -0.39 is 0 Å². The molecule has 0 aromatic carbocycles. The standard InChI is InChI=1S/C14H20N4/c1-9-13(17-11(3)15-9)7-5-6-8-14-10(2)16-12(4)18-14/h5,7H,6,8H2,1-4H3,(H,15,17)(H,16,18)/b7-5+. The van der Waals surface area contributed by atoms with Crippen molar-refractivity contribution < 1.29 is 0 Å². The molecule has 0 aliphatic rings. The van der Waals surface area contributed by atoms with Gasteiger partial charge in [-0.15, -0.1) is 0 Å². The van der Waals surface area contributed by atoms with Crippen molar-refractivity contribution in [2.75, 3.05) is 0 Å². The lowest BCUT2D eigenvalue weighted by molar-refractivity contribution is 0.941. The van der Waals surface area contributed by atoms with Crippen molar-refractivity contribution in [1.29, 1.82) is 0 Å². The van der Waals surface area contributed by atoms with Gasteiger partial charge < -0.3 is 9.97 Å². The number of imidazole rings is 2. The maximum absolute atomic E-state index is 4.47. The summed E-state index contributed by atoms with van der Waals surface area (Å²) in [5.74, 6) is 1.95. The normalized spacial score (nSPS) is 11.6. The molecule has 2 N–H and O–H groups in total. The Bertz CT molecular complexity index is 560. The number of aromatic amines is 2. The van der Waals surface area contributed by atoms with Gasteiger partial charge in [0.15, 0.2) is 0 Å². The summed E-state index contributed by atoms with van der Waals surface area (Å²) in [6.45, 7) is 8.07. The van der Waals surface area contributed by atoms with E-state index in [2.05, 4.69) is 39.0 Å². The molecule has 2 aromatic rings. The molecular weight excluding hydrogens is 224 g/mol. The van der Waals surface area contributed by atoms with Crippen molar-refractivity contribution in [2.45, 2.75) is 40.5 Å². The van der Waals surface area contributed by atoms with Crippen LogP contribution in [0.4, 0.5) is 0 Å². The lowest BCUT2D eigenvalue weighted by Crippen LogP contribution is -1.87. The molecule has 96 valence electrons. The SMILES string of the molecule is Cc1nc(/C=C/CCc2nc(C)[nH]c2C)c(C)[nH]1. The van der Waals surface area contributed by atoms with Crippen LogP contribution in [0.2, 0.25) is 0 Å². The van der Waals surface area contributed by atoms with E-state index in [1.54, 1.807) is 0 Å². The minimum atomic E-state index is 0.964. The van der Waals surface area contributed by atoms with Crippen LogP contribution in [0, 0.1) is 27.7 Å². The van der Waals surface area contributed by atoms with Crippen molar-refractivity contribution in [3.63, 3.8) is 0 Å². The average Bonchev–Trinajstić information content (AvgIpc) is 2.77. The molecule has 0 aliphatic heterocycles. The second kappa shape index (κ2) is 5.21. The highest BCUT2D eigenvalue weighted by molar-refractivity contribution is 5.47. The van der Waals surface area contributed by atoms with E-state index in [4.69, 9.17) is 0 Å². The molecule has 0 amide bonds. The summed E-state index contributed by atoms with van der Waals surface area (Å²) in [5.41, 5.74) is 4.48. The molecule has 0 bridgehead atoms. The topological polar surface area (TPSA) is 57.4 Å². The number of rotatable bonds is 4. The molecule has 0 saturated carbocycles. The molecule has 0 aliphatic carbocycles. The van der Waals surface area contributed by atoms with Gasteiger partial charge in [-0.05, 0) is 46.6 Å². The molecule has 0 radical (unpaired) electrons. The van der Waals surface area contributed by atoms with Gasteiger partial charge >= 0.3 is 0 Å². The summed E-state index contributed by atoms with van der Waals surface area (Å²) in [5, 5.41) is 0. The smallest absolute Gasteiger partial charge is 0.103 e. The molecule has 2 aromatic heterocycles. The predicted octanol–water partition coefficient (Wildman–Crippen LogP) is 3.01. The van der Waals surface area contributed by atoms with Crippen LogP contribution < -0.4 is 0 Å². The van der Waals surface area contributed by atoms with Crippen LogP contribution in [-0.2, 0) is 6.42 Å². The van der Waals surface area contributed by atoms with E-state index in [1.807, 2.05) is 20.8 Å². The van der Waals surface area contributed by atoms with E-state index in [0.717, 1.165) is 41.6 Å². The molecule has 0 spiro atoms. The first-order chi connectivity index (χ1) is 8.56. The van der Waals surface area contributed by atoms with Gasteiger partial charge in [-0.2, -0.15) is 0 Å². The molecular formula is C14H20N4. The van der Waals surface area contributed by atoms with Crippen LogP contribution in [0.15, 0.2) is 6.08 Å². The number of hydrogen-bond donors (Lipinski definition) is 2. The van der Waals surface area contributed by atoms with Gasteiger partial charge in [-0.1, -0.05) is 6.08 Å². The second-order valence-corrected chi connectivity index (χ2v) is 4.67. The van der Waals surface area contributed by atoms with Crippen LogP contribution in [0.5, 0.6) is 0 Å². The third kappa shape index (κ3) is 2.88. The third-order valence-corrected chi connectivity index (χ3v) is 2.97. The van der Waals surface area contributed by atoms with Gasteiger partial charge in [-0.25, -0.2) is 9.97 Å². The Labute approximate surface area is 108 Å². The molecule has 0 fully saturated rings. The van der Waals surface area contributed by atoms with Crippen LogP contribution in [0.3, 0.4) is 0 Å². The monoisotopic (exact) mass is 244 g/mol. The fraction of sp³-hybridized carbons (Fsp3) is 0.429. The molecule has 0 saturated heterocycles. The fourth-order valence-corrected chi connectivity index (χ4v) is 2.11. The Balaban J connectivity index is 1.92. The lowest BCUT2D eigenvalue weighted by atomic mass is 10.2. The predicted molar refractivity (Wildman–Crippen MR) is 73.5 cm³/mol. The van der Waals surface area contributed by atoms with Crippen molar-refractivity contribution in [1.82, 2.24) is 19.9 Å². The molecule has 0 unspecified atom stereocenters. The molecule has 2 rings (SSSR count). The van der Waals surface area contributed by atoms with Crippen molar-refractivity contribution in [2.24, 2.45) is 0 Å². The first kappa shape index (κ1) is 12.6. The van der Waals surface area contributed by atoms with Crippen molar-refractivity contribution in [3.8, 4) is 0 Å². The first-order valence-electron chi connectivity index (χ1n) is 6.28. The Morgan fingerprint density at radius 3 is 2.17 bits per heavy atom. The third-order valence-electron chi connectivity index (χ3n) is 2.97. The van der Waals surface area contributed by atoms with Gasteiger partial charge in [0.05, 0.1) is 11.4 Å². The van der Waals surface area contributed by atoms with Gasteiger partial charge in [-0.3, -0.25) is 0 Å². The quantitative estimate of drug-likeness (QED) is 0.868. The zero-order valence-corrected chi connectivity index (χ0v) is 11.5. The summed E-state index contributed by atoms with van der Waals surface area (Å²) < 4.78 is 0. The Kier molecular flexibility index (Phi) is 3.65. The summed E-state index contributed by atoms with van der Waals surface area (Å²) in [7, 11) is 0. The Morgan fingerprint density at radius 2 is 1.61 bits per heavy atom. The van der Waals surface area contributed by atoms with Gasteiger partial charge in [0.1, 0.15) is 11.6 Å². The first-order valence-corrected chi connectivity index (χ1v) is 6.28. The number of hydrogen-bond acceptors (Lipinski definition) is 2. The zero-order chi connectivity index (χ0) is 13.1. The highest BCUT2D eigenvalue weighted by atomic mass is 14.9. The summed E-state index contributed by atoms with van der Waals surface area (Å²) in [6, 6.07) is 0. The highest BCUT2D eigenvalue weighted by Crippen LogP contribution is 2.10. The molecule has 4 nitrogen and oxygen atoms in total. The summed E-state index contributed by atoms with van der Waals surface area (Å²) >= 11 is 0. The van der Waals surface area contributed by atoms with Gasteiger partial charge in [0.25, 0.3) is 0 Å². The zero-order valence-electron chi connectivity index (χ0n) is 11.5. The molecule has 18 heavy (non-hydrogen) atoms. The summed E-state index contributed by atoms with van der Waals surface area (Å²) in [4.78, 5) is 15.3. The number of nitrogens with one attached hydrogen (secondary N) is 2. The van der Waals surface area contributed by atoms with Gasteiger partial charge in [0, 0.05) is 11.4 Å². The fourth-order valence-electron chi connectivity index (χ4n) is 2.11. The summed E-state index contributed by atoms with van der Waals surface area (Å²) in [6.07, 6.45) is 6.19. The number of aromatic nitrogens is 4. The minimum Gasteiger partial charge on any atom is -0.346 e. The average molecular weight is 244 g/mol. The number of allylic oxidation sites excluding steroid dienone is 1. The highest BCUT2D eigenvalue weighted by Gasteiger charge is 2.02. The van der Waals surface area contributed by atoms with Crippen LogP contribution >= 0.6 is 0 Å². The van der Waals surface area contributed by atoms with Crippen LogP contribution in [0.1, 0.15) is 40.8 Å². The van der Waals surface area contributed by atoms with E-state index in [9.17, 15) is 0 Å². The Morgan fingerprint density at radius 1 is 0.944 bits per heavy atom. The largest absolute Gasteiger partial charge is 0.346 e. The van der Waals surface area contributed by atoms with E-state index >= 15 is 0 Å². The van der Waals surface area contributed by atoms with E-state index in [0.29, 0.717) is 0 Å². The minimum absolute atomic E-state index is 0.964. The van der Waals surface area contributed by atoms with E-state index in [-0.39, 0.29) is 0 Å². The maximum Gasteiger partial charge on any atom is 0.103 e.